The molecule has 1 N–H and O–H groups in total. The van der Waals surface area contributed by atoms with Gasteiger partial charge < -0.3 is 10.1 Å². The van der Waals surface area contributed by atoms with Gasteiger partial charge in [-0.2, -0.15) is 0 Å². The number of ether oxygens (including phenoxy) is 1. The lowest BCUT2D eigenvalue weighted by Gasteiger charge is -2.14. The van der Waals surface area contributed by atoms with E-state index in [1.807, 2.05) is 42.5 Å². The van der Waals surface area contributed by atoms with Crippen LogP contribution in [0.25, 0.3) is 0 Å². The smallest absolute Gasteiger partial charge is 0.253 e. The summed E-state index contributed by atoms with van der Waals surface area (Å²) in [5, 5.41) is 3.92. The summed E-state index contributed by atoms with van der Waals surface area (Å²) in [5.74, 6) is 1.27. The van der Waals surface area contributed by atoms with Gasteiger partial charge in [-0.05, 0) is 49.1 Å². The number of hydrogen-bond acceptors (Lipinski definition) is 4. The Labute approximate surface area is 154 Å². The number of benzene rings is 1. The quantitative estimate of drug-likeness (QED) is 0.656. The lowest BCUT2D eigenvalue weighted by molar-refractivity contribution is -0.126. The molecule has 1 aromatic heterocycles. The Kier molecular flexibility index (Phi) is 7.95. The topological polar surface area (TPSA) is 51.2 Å². The average molecular weight is 359 g/mol. The average Bonchev–Trinajstić information content (AvgIpc) is 2.61. The Balaban J connectivity index is 1.84. The first-order valence-electron chi connectivity index (χ1n) is 8.60. The molecule has 0 bridgehead atoms. The second kappa shape index (κ2) is 10.2. The Morgan fingerprint density at radius 1 is 1.20 bits per heavy atom. The van der Waals surface area contributed by atoms with E-state index in [-0.39, 0.29) is 5.91 Å². The van der Waals surface area contributed by atoms with Gasteiger partial charge in [0.25, 0.3) is 5.91 Å². The van der Waals surface area contributed by atoms with E-state index >= 15 is 0 Å². The summed E-state index contributed by atoms with van der Waals surface area (Å²) in [6, 6.07) is 13.8. The second-order valence-corrected chi connectivity index (χ2v) is 7.34. The summed E-state index contributed by atoms with van der Waals surface area (Å²) < 4.78 is 5.60. The molecule has 1 heterocycles. The highest BCUT2D eigenvalue weighted by molar-refractivity contribution is 7.98. The summed E-state index contributed by atoms with van der Waals surface area (Å²) in [6.45, 7) is 6.68. The minimum absolute atomic E-state index is 0.113. The van der Waals surface area contributed by atoms with Gasteiger partial charge in [0.05, 0.1) is 5.03 Å². The summed E-state index contributed by atoms with van der Waals surface area (Å²) in [4.78, 5) is 16.5. The van der Waals surface area contributed by atoms with Crippen LogP contribution in [0.2, 0.25) is 0 Å². The number of carbonyl (C=O) groups is 1. The van der Waals surface area contributed by atoms with Crippen molar-refractivity contribution in [3.63, 3.8) is 0 Å². The van der Waals surface area contributed by atoms with Crippen LogP contribution in [-0.4, -0.2) is 23.6 Å². The molecule has 0 spiro atoms. The fraction of sp³-hybridized carbons (Fsp3) is 0.400. The van der Waals surface area contributed by atoms with E-state index < -0.39 is 6.10 Å². The molecular weight excluding hydrogens is 332 g/mol. The number of hydrogen-bond donors (Lipinski definition) is 1. The molecule has 0 aliphatic carbocycles. The molecule has 25 heavy (non-hydrogen) atoms. The molecule has 0 saturated heterocycles. The highest BCUT2D eigenvalue weighted by atomic mass is 32.2. The maximum atomic E-state index is 12.2. The summed E-state index contributed by atoms with van der Waals surface area (Å²) in [6.07, 6.45) is 2.29. The third-order valence-corrected chi connectivity index (χ3v) is 4.67. The standard InChI is InChI=1S/C20H26N2O2S/c1-15(2)10-12-24-16(3)20(23)22-18-8-6-7-17(13-18)14-25-19-9-4-5-11-21-19/h4-9,11,13,15-16H,10,12,14H2,1-3H3,(H,22,23). The highest BCUT2D eigenvalue weighted by Crippen LogP contribution is 2.22. The van der Waals surface area contributed by atoms with Gasteiger partial charge >= 0.3 is 0 Å². The SMILES string of the molecule is CC(C)CCOC(C)C(=O)Nc1cccc(CSc2ccccn2)c1. The van der Waals surface area contributed by atoms with Crippen LogP contribution in [0.3, 0.4) is 0 Å². The minimum Gasteiger partial charge on any atom is -0.369 e. The Morgan fingerprint density at radius 2 is 2.04 bits per heavy atom. The highest BCUT2D eigenvalue weighted by Gasteiger charge is 2.13. The van der Waals surface area contributed by atoms with Gasteiger partial charge in [-0.1, -0.05) is 32.0 Å². The van der Waals surface area contributed by atoms with Crippen LogP contribution in [-0.2, 0) is 15.3 Å². The Hall–Kier alpha value is -1.85. The van der Waals surface area contributed by atoms with Crippen LogP contribution in [0.5, 0.6) is 0 Å². The van der Waals surface area contributed by atoms with Crippen molar-refractivity contribution in [2.75, 3.05) is 11.9 Å². The summed E-state index contributed by atoms with van der Waals surface area (Å²) >= 11 is 1.67. The molecular formula is C20H26N2O2S. The van der Waals surface area contributed by atoms with Crippen LogP contribution in [0.4, 0.5) is 5.69 Å². The first-order valence-corrected chi connectivity index (χ1v) is 9.58. The third kappa shape index (κ3) is 7.28. The van der Waals surface area contributed by atoms with E-state index in [4.69, 9.17) is 4.74 Å². The van der Waals surface area contributed by atoms with Gasteiger partial charge in [-0.3, -0.25) is 4.79 Å². The number of amides is 1. The number of thioether (sulfide) groups is 1. The molecule has 1 unspecified atom stereocenters. The number of pyridine rings is 1. The van der Waals surface area contributed by atoms with Crippen molar-refractivity contribution in [3.8, 4) is 0 Å². The lowest BCUT2D eigenvalue weighted by Crippen LogP contribution is -2.28. The zero-order valence-electron chi connectivity index (χ0n) is 15.1. The molecule has 2 rings (SSSR count). The molecule has 4 nitrogen and oxygen atoms in total. The maximum Gasteiger partial charge on any atom is 0.253 e. The Morgan fingerprint density at radius 3 is 2.76 bits per heavy atom. The van der Waals surface area contributed by atoms with Crippen molar-refractivity contribution < 1.29 is 9.53 Å². The molecule has 134 valence electrons. The van der Waals surface area contributed by atoms with Crippen molar-refractivity contribution in [1.29, 1.82) is 0 Å². The van der Waals surface area contributed by atoms with Crippen LogP contribution >= 0.6 is 11.8 Å². The van der Waals surface area contributed by atoms with Gasteiger partial charge in [-0.25, -0.2) is 4.98 Å². The van der Waals surface area contributed by atoms with Crippen molar-refractivity contribution in [2.45, 2.75) is 44.1 Å². The van der Waals surface area contributed by atoms with E-state index in [0.717, 1.165) is 28.5 Å². The van der Waals surface area contributed by atoms with Gasteiger partial charge in [0, 0.05) is 24.2 Å². The van der Waals surface area contributed by atoms with Crippen molar-refractivity contribution >= 4 is 23.4 Å². The molecule has 0 radical (unpaired) electrons. The van der Waals surface area contributed by atoms with E-state index in [0.29, 0.717) is 12.5 Å². The monoisotopic (exact) mass is 358 g/mol. The molecule has 0 aliphatic heterocycles. The number of rotatable bonds is 9. The normalized spacial score (nSPS) is 12.2. The van der Waals surface area contributed by atoms with Crippen LogP contribution in [0.1, 0.15) is 32.8 Å². The summed E-state index contributed by atoms with van der Waals surface area (Å²) in [5.41, 5.74) is 1.94. The fourth-order valence-electron chi connectivity index (χ4n) is 2.13. The first-order chi connectivity index (χ1) is 12.0. The zero-order chi connectivity index (χ0) is 18.1. The summed E-state index contributed by atoms with van der Waals surface area (Å²) in [7, 11) is 0. The van der Waals surface area contributed by atoms with Gasteiger partial charge in [0.15, 0.2) is 0 Å². The molecule has 0 saturated carbocycles. The predicted octanol–water partition coefficient (Wildman–Crippen LogP) is 4.76. The number of nitrogens with one attached hydrogen (secondary N) is 1. The van der Waals surface area contributed by atoms with Gasteiger partial charge in [-0.15, -0.1) is 11.8 Å². The number of carbonyl (C=O) groups excluding carboxylic acids is 1. The van der Waals surface area contributed by atoms with E-state index in [9.17, 15) is 4.79 Å². The van der Waals surface area contributed by atoms with E-state index in [1.54, 1.807) is 24.9 Å². The van der Waals surface area contributed by atoms with Gasteiger partial charge in [0.1, 0.15) is 6.10 Å². The number of anilines is 1. The third-order valence-electron chi connectivity index (χ3n) is 3.65. The van der Waals surface area contributed by atoms with Gasteiger partial charge in [0.2, 0.25) is 0 Å². The molecule has 0 aliphatic rings. The van der Waals surface area contributed by atoms with E-state index in [1.165, 1.54) is 0 Å². The molecule has 1 aromatic carbocycles. The van der Waals surface area contributed by atoms with Crippen LogP contribution in [0, 0.1) is 5.92 Å². The zero-order valence-corrected chi connectivity index (χ0v) is 15.9. The van der Waals surface area contributed by atoms with Crippen LogP contribution in [0.15, 0.2) is 53.7 Å². The van der Waals surface area contributed by atoms with Crippen molar-refractivity contribution in [1.82, 2.24) is 4.98 Å². The lowest BCUT2D eigenvalue weighted by atomic mass is 10.1. The van der Waals surface area contributed by atoms with Crippen LogP contribution < -0.4 is 5.32 Å². The minimum atomic E-state index is -0.453. The predicted molar refractivity (Wildman–Crippen MR) is 104 cm³/mol. The number of nitrogens with zero attached hydrogens (tertiary/aromatic N) is 1. The second-order valence-electron chi connectivity index (χ2n) is 6.34. The van der Waals surface area contributed by atoms with Crippen molar-refractivity contribution in [2.24, 2.45) is 5.92 Å². The first kappa shape index (κ1) is 19.5. The largest absolute Gasteiger partial charge is 0.369 e. The molecule has 1 amide bonds. The maximum absolute atomic E-state index is 12.2. The Bertz CT molecular complexity index is 662. The molecule has 2 aromatic rings. The van der Waals surface area contributed by atoms with E-state index in [2.05, 4.69) is 24.1 Å². The fourth-order valence-corrected chi connectivity index (χ4v) is 2.93. The number of aromatic nitrogens is 1. The molecule has 5 heteroatoms. The van der Waals surface area contributed by atoms with Crippen molar-refractivity contribution in [3.05, 3.63) is 54.2 Å². The molecule has 1 atom stereocenters. The molecule has 0 fully saturated rings.